The largest absolute Gasteiger partial charge is 0.495 e. The number of rotatable bonds is 5. The molecule has 6 aliphatic heterocycles. The van der Waals surface area contributed by atoms with Gasteiger partial charge >= 0.3 is 6.15 Å². The number of halogens is 3. The van der Waals surface area contributed by atoms with Gasteiger partial charge in [0.1, 0.15) is 21.5 Å². The fourth-order valence-corrected chi connectivity index (χ4v) is 12.1. The van der Waals surface area contributed by atoms with E-state index in [1.807, 2.05) is 41.8 Å². The van der Waals surface area contributed by atoms with Crippen molar-refractivity contribution in [2.24, 2.45) is 23.5 Å². The molecule has 0 amide bonds. The van der Waals surface area contributed by atoms with Gasteiger partial charge in [-0.25, -0.2) is 0 Å². The van der Waals surface area contributed by atoms with Gasteiger partial charge in [0.05, 0.1) is 28.5 Å². The third kappa shape index (κ3) is 7.28. The van der Waals surface area contributed by atoms with Gasteiger partial charge in [-0.2, -0.15) is 9.59 Å². The summed E-state index contributed by atoms with van der Waals surface area (Å²) in [5.74, 6) is 3.87. The van der Waals surface area contributed by atoms with E-state index in [2.05, 4.69) is 9.80 Å². The van der Waals surface area contributed by atoms with Gasteiger partial charge in [0.25, 0.3) is 0 Å². The molecule has 2 aromatic carbocycles. The Morgan fingerprint density at radius 1 is 0.827 bits per heavy atom. The van der Waals surface area contributed by atoms with Gasteiger partial charge in [-0.05, 0) is 148 Å². The zero-order valence-corrected chi connectivity index (χ0v) is 33.5. The number of hydrogen-bond donors (Lipinski definition) is 1. The number of ketones is 1. The van der Waals surface area contributed by atoms with Gasteiger partial charge in [-0.3, -0.25) is 14.6 Å². The number of hydrogen-bond acceptors (Lipinski definition) is 10. The van der Waals surface area contributed by atoms with Crippen LogP contribution in [0.15, 0.2) is 41.8 Å². The predicted octanol–water partition coefficient (Wildman–Crippen LogP) is 8.98. The molecule has 2 aromatic heterocycles. The number of carbonyl (C=O) groups is 1. The molecule has 8 nitrogen and oxygen atoms in total. The van der Waals surface area contributed by atoms with E-state index in [1.54, 1.807) is 25.6 Å². The second-order valence-corrected chi connectivity index (χ2v) is 17.5. The van der Waals surface area contributed by atoms with E-state index < -0.39 is 0 Å². The molecule has 2 saturated carbocycles. The van der Waals surface area contributed by atoms with E-state index in [4.69, 9.17) is 48.0 Å². The monoisotopic (exact) mass is 805 g/mol. The summed E-state index contributed by atoms with van der Waals surface area (Å²) in [5.41, 5.74) is 7.10. The van der Waals surface area contributed by atoms with Crippen molar-refractivity contribution in [2.45, 2.75) is 74.9 Å². The molecule has 0 radical (unpaired) electrons. The number of thiophene rings is 2. The minimum atomic E-state index is 0. The van der Waals surface area contributed by atoms with E-state index in [-0.39, 0.29) is 18.6 Å². The number of nitrogens with two attached hydrogens (primary N) is 1. The Balaban J connectivity index is 0.000000143. The van der Waals surface area contributed by atoms with Gasteiger partial charge in [-0.15, -0.1) is 35.1 Å². The van der Waals surface area contributed by atoms with Crippen molar-refractivity contribution >= 4 is 90.4 Å². The highest BCUT2D eigenvalue weighted by atomic mass is 35.5. The lowest BCUT2D eigenvalue weighted by Crippen LogP contribution is -2.63. The highest BCUT2D eigenvalue weighted by Gasteiger charge is 2.60. The standard InChI is InChI=1S/C20H22ClNO2S.C9H7ClOS.C9H16N2.CO2.ClH/c1-24-16-3-2-13-10-17(25-19(13)18(16)21)15(23)11-14-12-4-8-22(9-5-12)20(14)6-7-20;1-11-7-3-2-6-4-5-12-9(6)8(7)10;10-8-7-1-5-11(6-2-7)9(8)3-4-9;2-1-3;/h2-3,10,12,14H,4-9,11H2,1H3;2-5H,1H3;7-8H,1-6,10H2;;1H/t14-;;8-;;/m1.1../s1. The first-order valence-corrected chi connectivity index (χ1v) is 20.4. The molecule has 2 N–H and O–H groups in total. The van der Waals surface area contributed by atoms with Gasteiger partial charge in [0.15, 0.2) is 5.78 Å². The lowest BCUT2D eigenvalue weighted by Gasteiger charge is -2.52. The van der Waals surface area contributed by atoms with Crippen LogP contribution in [-0.2, 0) is 9.59 Å². The molecule has 13 heteroatoms. The van der Waals surface area contributed by atoms with Crippen LogP contribution in [0.2, 0.25) is 10.0 Å². The zero-order valence-electron chi connectivity index (χ0n) is 29.5. The second-order valence-electron chi connectivity index (χ2n) is 14.7. The predicted molar refractivity (Wildman–Crippen MR) is 212 cm³/mol. The number of carbonyl (C=O) groups excluding carboxylic acids is 3. The zero-order chi connectivity index (χ0) is 35.9. The van der Waals surface area contributed by atoms with Crippen LogP contribution in [-0.4, -0.2) is 79.3 Å². The molecule has 2 aliphatic carbocycles. The van der Waals surface area contributed by atoms with Crippen LogP contribution >= 0.6 is 58.3 Å². The van der Waals surface area contributed by atoms with Crippen molar-refractivity contribution in [3.05, 3.63) is 56.7 Å². The van der Waals surface area contributed by atoms with Crippen molar-refractivity contribution in [2.75, 3.05) is 40.4 Å². The Hall–Kier alpha value is -2.24. The molecular formula is C39H46Cl3N3O5S2. The number of piperidine rings is 6. The summed E-state index contributed by atoms with van der Waals surface area (Å²) in [5, 5.41) is 5.56. The molecule has 6 saturated heterocycles. The van der Waals surface area contributed by atoms with Crippen LogP contribution in [0.3, 0.4) is 0 Å². The van der Waals surface area contributed by atoms with Crippen molar-refractivity contribution in [3.8, 4) is 11.5 Å². The van der Waals surface area contributed by atoms with Crippen LogP contribution < -0.4 is 15.2 Å². The SMILES string of the molecule is COc1ccc2cc(C(=O)C[C@@H]3C4CCN(CC4)C34CC4)sc2c1Cl.COc1ccc2ccsc2c1Cl.Cl.N[C@@H]1C2CCN(CC2)C12CC2.O=C=O. The van der Waals surface area contributed by atoms with E-state index >= 15 is 0 Å². The molecule has 52 heavy (non-hydrogen) atoms. The minimum absolute atomic E-state index is 0. The van der Waals surface area contributed by atoms with Crippen LogP contribution in [0.25, 0.3) is 20.2 Å². The maximum atomic E-state index is 13.1. The number of benzene rings is 2. The lowest BCUT2D eigenvalue weighted by atomic mass is 9.70. The molecule has 2 atom stereocenters. The first kappa shape index (κ1) is 39.5. The molecular weight excluding hydrogens is 761 g/mol. The number of nitrogens with zero attached hydrogens (tertiary/aromatic N) is 2. The molecule has 4 aromatic rings. The van der Waals surface area contributed by atoms with Crippen molar-refractivity contribution in [1.82, 2.24) is 9.80 Å². The average molecular weight is 807 g/mol. The van der Waals surface area contributed by atoms with Crippen LogP contribution in [0, 0.1) is 17.8 Å². The topological polar surface area (TPSA) is 102 Å². The van der Waals surface area contributed by atoms with Gasteiger partial charge < -0.3 is 15.2 Å². The Labute approximate surface area is 329 Å². The van der Waals surface area contributed by atoms with Crippen molar-refractivity contribution in [1.29, 1.82) is 0 Å². The Morgan fingerprint density at radius 3 is 1.87 bits per heavy atom. The molecule has 2 spiro atoms. The molecule has 8 heterocycles. The number of Topliss-reactive ketones (excluding diaryl/α,β-unsaturated/α-hetero) is 1. The van der Waals surface area contributed by atoms with Crippen LogP contribution in [0.1, 0.15) is 67.5 Å². The average Bonchev–Trinajstić information content (AvgIpc) is 4.02. The van der Waals surface area contributed by atoms with Gasteiger partial charge in [0.2, 0.25) is 0 Å². The molecule has 280 valence electrons. The summed E-state index contributed by atoms with van der Waals surface area (Å²) in [6.07, 6.45) is 11.6. The molecule has 12 rings (SSSR count). The quantitative estimate of drug-likeness (QED) is 0.200. The summed E-state index contributed by atoms with van der Waals surface area (Å²) >= 11 is 15.6. The fraction of sp³-hybridized carbons (Fsp3) is 0.538. The van der Waals surface area contributed by atoms with E-state index in [0.29, 0.717) is 51.0 Å². The maximum Gasteiger partial charge on any atom is 0.373 e. The normalized spacial score (nSPS) is 27.6. The van der Waals surface area contributed by atoms with Crippen LogP contribution in [0.4, 0.5) is 0 Å². The van der Waals surface area contributed by atoms with Crippen molar-refractivity contribution < 1.29 is 23.9 Å². The molecule has 8 aliphatic rings. The van der Waals surface area contributed by atoms with Crippen molar-refractivity contribution in [3.63, 3.8) is 0 Å². The Kier molecular flexibility index (Phi) is 12.3. The molecule has 4 bridgehead atoms. The summed E-state index contributed by atoms with van der Waals surface area (Å²) in [6.45, 7) is 5.15. The van der Waals surface area contributed by atoms with Crippen LogP contribution in [0.5, 0.6) is 11.5 Å². The number of methoxy groups -OCH3 is 2. The van der Waals surface area contributed by atoms with E-state index in [0.717, 1.165) is 37.2 Å². The first-order chi connectivity index (χ1) is 24.7. The summed E-state index contributed by atoms with van der Waals surface area (Å²) in [7, 11) is 3.25. The Morgan fingerprint density at radius 2 is 1.35 bits per heavy atom. The third-order valence-corrected chi connectivity index (χ3v) is 15.6. The van der Waals surface area contributed by atoms with Gasteiger partial charge in [-0.1, -0.05) is 23.2 Å². The number of fused-ring (bicyclic) bond motifs is 6. The summed E-state index contributed by atoms with van der Waals surface area (Å²) in [6, 6.07) is 12.3. The summed E-state index contributed by atoms with van der Waals surface area (Å²) in [4.78, 5) is 35.5. The fourth-order valence-electron chi connectivity index (χ4n) is 9.51. The highest BCUT2D eigenvalue weighted by Crippen LogP contribution is 2.59. The first-order valence-electron chi connectivity index (χ1n) is 17.9. The summed E-state index contributed by atoms with van der Waals surface area (Å²) < 4.78 is 12.4. The smallest absolute Gasteiger partial charge is 0.373 e. The highest BCUT2D eigenvalue weighted by molar-refractivity contribution is 7.21. The van der Waals surface area contributed by atoms with E-state index in [9.17, 15) is 4.79 Å². The molecule has 8 fully saturated rings. The van der Waals surface area contributed by atoms with Gasteiger partial charge in [0, 0.05) is 23.5 Å². The number of ether oxygens (including phenoxy) is 2. The maximum absolute atomic E-state index is 13.1. The third-order valence-electron chi connectivity index (χ3n) is 12.5. The lowest BCUT2D eigenvalue weighted by molar-refractivity contribution is -0.191. The van der Waals surface area contributed by atoms with E-state index in [1.165, 1.54) is 94.3 Å². The second kappa shape index (κ2) is 16.2. The minimum Gasteiger partial charge on any atom is -0.495 e. The molecule has 0 unspecified atom stereocenters. The Bertz CT molecular complexity index is 1920.